The van der Waals surface area contributed by atoms with E-state index in [0.717, 1.165) is 44.6 Å². The summed E-state index contributed by atoms with van der Waals surface area (Å²) in [4.78, 5) is 24.9. The van der Waals surface area contributed by atoms with Crippen LogP contribution in [0, 0.1) is 34.5 Å². The van der Waals surface area contributed by atoms with Crippen LogP contribution in [0.25, 0.3) is 0 Å². The Labute approximate surface area is 261 Å². The molecule has 8 atom stereocenters. The van der Waals surface area contributed by atoms with Gasteiger partial charge in [0.1, 0.15) is 12.1 Å². The molecule has 5 rings (SSSR count). The maximum absolute atomic E-state index is 14.0. The van der Waals surface area contributed by atoms with E-state index in [9.17, 15) is 15.0 Å². The molecule has 1 heterocycles. The summed E-state index contributed by atoms with van der Waals surface area (Å²) >= 11 is 0. The maximum Gasteiger partial charge on any atom is 0.240 e. The van der Waals surface area contributed by atoms with Crippen LogP contribution in [0.15, 0.2) is 24.3 Å². The standard InChI is InChI=1S/C35H60N4O4/c1-23-28-18-27(35(28,6)7)19-29(23)36-33(42)32-31(24(2)41)30(22-40)43-39(32)21-26-12-10-11-25(17-26)20-38(16-15-37(8)9)14-13-34(3,4)5/h10-12,17,23-24,27-32,40-41H,13-16,18-22H2,1-9H3,(H,36,42)/t23-,24-,27-,28+,29-,30-,31+,32-/m0/s1. The highest BCUT2D eigenvalue weighted by atomic mass is 16.7. The van der Waals surface area contributed by atoms with Gasteiger partial charge < -0.3 is 20.4 Å². The number of fused-ring (bicyclic) bond motifs is 2. The van der Waals surface area contributed by atoms with Crippen molar-refractivity contribution < 1.29 is 19.8 Å². The lowest BCUT2D eigenvalue weighted by atomic mass is 9.45. The first-order valence-corrected chi connectivity index (χ1v) is 16.6. The average molecular weight is 601 g/mol. The van der Waals surface area contributed by atoms with Gasteiger partial charge in [0, 0.05) is 31.6 Å². The van der Waals surface area contributed by atoms with Crippen molar-refractivity contribution in [2.75, 3.05) is 40.3 Å². The Bertz CT molecular complexity index is 1070. The maximum atomic E-state index is 14.0. The number of amides is 1. The van der Waals surface area contributed by atoms with Gasteiger partial charge in [0.25, 0.3) is 0 Å². The number of hydrogen-bond donors (Lipinski definition) is 3. The Morgan fingerprint density at radius 2 is 1.86 bits per heavy atom. The second-order valence-electron chi connectivity index (χ2n) is 15.9. The zero-order valence-corrected chi connectivity index (χ0v) is 28.3. The molecular weight excluding hydrogens is 540 g/mol. The zero-order valence-electron chi connectivity index (χ0n) is 28.3. The third-order valence-corrected chi connectivity index (χ3v) is 10.8. The molecule has 2 bridgehead atoms. The van der Waals surface area contributed by atoms with Crippen LogP contribution in [0.4, 0.5) is 0 Å². The first-order chi connectivity index (χ1) is 20.1. The number of nitrogens with zero attached hydrogens (tertiary/aromatic N) is 3. The van der Waals surface area contributed by atoms with Crippen molar-refractivity contribution in [3.05, 3.63) is 35.4 Å². The second-order valence-corrected chi connectivity index (χ2v) is 15.9. The number of rotatable bonds is 13. The number of carbonyl (C=O) groups is 1. The average Bonchev–Trinajstić information content (AvgIpc) is 3.29. The summed E-state index contributed by atoms with van der Waals surface area (Å²) in [5.41, 5.74) is 2.90. The predicted molar refractivity (Wildman–Crippen MR) is 172 cm³/mol. The Balaban J connectivity index is 1.48. The fourth-order valence-corrected chi connectivity index (χ4v) is 7.85. The van der Waals surface area contributed by atoms with Gasteiger partial charge in [0.15, 0.2) is 0 Å². The molecule has 3 aliphatic carbocycles. The molecule has 8 nitrogen and oxygen atoms in total. The van der Waals surface area contributed by atoms with Crippen LogP contribution in [-0.4, -0.2) is 95.6 Å². The SMILES string of the molecule is C[C@@H]1[C@@H](NC(=O)[C@@H]2[C@H]([C@H](C)O)[C@H](CO)ON2Cc2cccc(CN(CCN(C)C)CCC(C)(C)C)c2)C[C@@H]2C[C@H]1C2(C)C. The Kier molecular flexibility index (Phi) is 11.0. The first kappa shape index (κ1) is 34.3. The molecule has 4 fully saturated rings. The van der Waals surface area contributed by atoms with Crippen molar-refractivity contribution >= 4 is 5.91 Å². The molecule has 0 unspecified atom stereocenters. The summed E-state index contributed by atoms with van der Waals surface area (Å²) in [5.74, 6) is 1.04. The van der Waals surface area contributed by atoms with Crippen molar-refractivity contribution in [1.82, 2.24) is 20.2 Å². The number of nitrogens with one attached hydrogen (secondary N) is 1. The summed E-state index contributed by atoms with van der Waals surface area (Å²) in [7, 11) is 4.23. The molecule has 8 heteroatoms. The summed E-state index contributed by atoms with van der Waals surface area (Å²) in [5, 5.41) is 26.0. The lowest BCUT2D eigenvalue weighted by Gasteiger charge is -2.62. The van der Waals surface area contributed by atoms with Crippen molar-refractivity contribution in [2.45, 2.75) is 105 Å². The van der Waals surface area contributed by atoms with E-state index in [1.54, 1.807) is 12.0 Å². The molecule has 1 aliphatic heterocycles. The van der Waals surface area contributed by atoms with E-state index in [-0.39, 0.29) is 24.0 Å². The Morgan fingerprint density at radius 3 is 2.44 bits per heavy atom. The van der Waals surface area contributed by atoms with Crippen molar-refractivity contribution in [1.29, 1.82) is 0 Å². The van der Waals surface area contributed by atoms with Gasteiger partial charge in [-0.1, -0.05) is 65.8 Å². The molecule has 43 heavy (non-hydrogen) atoms. The van der Waals surface area contributed by atoms with E-state index in [4.69, 9.17) is 4.84 Å². The van der Waals surface area contributed by atoms with Crippen molar-refractivity contribution in [3.63, 3.8) is 0 Å². The number of aliphatic hydroxyl groups excluding tert-OH is 2. The number of benzene rings is 1. The number of carbonyl (C=O) groups excluding carboxylic acids is 1. The summed E-state index contributed by atoms with van der Waals surface area (Å²) in [6.45, 7) is 19.6. The number of hydrogen-bond acceptors (Lipinski definition) is 7. The normalized spacial score (nSPS) is 31.3. The van der Waals surface area contributed by atoms with E-state index < -0.39 is 24.2 Å². The highest BCUT2D eigenvalue weighted by molar-refractivity contribution is 5.82. The number of likely N-dealkylation sites (N-methyl/N-ethyl adjacent to an activating group) is 1. The molecule has 1 amide bonds. The highest BCUT2D eigenvalue weighted by Gasteiger charge is 2.57. The monoisotopic (exact) mass is 600 g/mol. The van der Waals surface area contributed by atoms with Crippen LogP contribution in [0.2, 0.25) is 0 Å². The lowest BCUT2D eigenvalue weighted by Crippen LogP contribution is -2.62. The first-order valence-electron chi connectivity index (χ1n) is 16.6. The van der Waals surface area contributed by atoms with Crippen LogP contribution in [0.5, 0.6) is 0 Å². The van der Waals surface area contributed by atoms with Gasteiger partial charge in [-0.3, -0.25) is 14.5 Å². The summed E-state index contributed by atoms with van der Waals surface area (Å²) in [6, 6.07) is 7.98. The molecule has 3 saturated carbocycles. The minimum absolute atomic E-state index is 0.106. The fraction of sp³-hybridized carbons (Fsp3) is 0.800. The van der Waals surface area contributed by atoms with Crippen LogP contribution in [0.1, 0.15) is 78.9 Å². The molecule has 0 spiro atoms. The van der Waals surface area contributed by atoms with E-state index in [1.165, 1.54) is 12.0 Å². The molecular formula is C35H60N4O4. The van der Waals surface area contributed by atoms with E-state index in [0.29, 0.717) is 29.7 Å². The van der Waals surface area contributed by atoms with Crippen molar-refractivity contribution in [2.24, 2.45) is 34.5 Å². The van der Waals surface area contributed by atoms with E-state index in [1.807, 2.05) is 0 Å². The van der Waals surface area contributed by atoms with Crippen LogP contribution in [0.3, 0.4) is 0 Å². The van der Waals surface area contributed by atoms with Crippen molar-refractivity contribution in [3.8, 4) is 0 Å². The van der Waals surface area contributed by atoms with Crippen LogP contribution >= 0.6 is 0 Å². The largest absolute Gasteiger partial charge is 0.394 e. The Morgan fingerprint density at radius 1 is 1.16 bits per heavy atom. The predicted octanol–water partition coefficient (Wildman–Crippen LogP) is 4.15. The van der Waals surface area contributed by atoms with Crippen LogP contribution in [-0.2, 0) is 22.7 Å². The molecule has 1 saturated heterocycles. The van der Waals surface area contributed by atoms with Gasteiger partial charge in [-0.2, -0.15) is 5.06 Å². The fourth-order valence-electron chi connectivity index (χ4n) is 7.85. The Hall–Kier alpha value is -1.55. The minimum atomic E-state index is -0.798. The smallest absolute Gasteiger partial charge is 0.240 e. The van der Waals surface area contributed by atoms with Gasteiger partial charge in [0.05, 0.1) is 19.3 Å². The van der Waals surface area contributed by atoms with Gasteiger partial charge >= 0.3 is 0 Å². The quantitative estimate of drug-likeness (QED) is 0.314. The van der Waals surface area contributed by atoms with Crippen LogP contribution < -0.4 is 5.32 Å². The zero-order chi connectivity index (χ0) is 31.7. The van der Waals surface area contributed by atoms with Gasteiger partial charge in [-0.15, -0.1) is 0 Å². The molecule has 3 N–H and O–H groups in total. The van der Waals surface area contributed by atoms with Gasteiger partial charge in [0.2, 0.25) is 5.91 Å². The highest BCUT2D eigenvalue weighted by Crippen LogP contribution is 2.61. The number of aliphatic hydroxyl groups is 2. The third-order valence-electron chi connectivity index (χ3n) is 10.8. The summed E-state index contributed by atoms with van der Waals surface area (Å²) in [6.07, 6.45) is 1.94. The molecule has 0 radical (unpaired) electrons. The molecule has 0 aromatic heterocycles. The second kappa shape index (κ2) is 13.8. The van der Waals surface area contributed by atoms with Gasteiger partial charge in [-0.25, -0.2) is 0 Å². The summed E-state index contributed by atoms with van der Waals surface area (Å²) < 4.78 is 0. The third kappa shape index (κ3) is 8.19. The number of hydroxylamine groups is 2. The minimum Gasteiger partial charge on any atom is -0.394 e. The molecule has 1 aromatic carbocycles. The lowest BCUT2D eigenvalue weighted by molar-refractivity contribution is -0.183. The van der Waals surface area contributed by atoms with E-state index >= 15 is 0 Å². The van der Waals surface area contributed by atoms with E-state index in [2.05, 4.69) is 95.0 Å². The molecule has 4 aliphatic rings. The topological polar surface area (TPSA) is 88.5 Å². The molecule has 1 aromatic rings. The van der Waals surface area contributed by atoms with Gasteiger partial charge in [-0.05, 0) is 86.5 Å². The molecule has 244 valence electrons.